The van der Waals surface area contributed by atoms with Gasteiger partial charge in [0.25, 0.3) is 0 Å². The molecule has 1 heterocycles. The van der Waals surface area contributed by atoms with E-state index in [1.54, 1.807) is 0 Å². The molecule has 0 unspecified atom stereocenters. The van der Waals surface area contributed by atoms with Crippen molar-refractivity contribution < 1.29 is 9.59 Å². The van der Waals surface area contributed by atoms with Gasteiger partial charge in [-0.2, -0.15) is 11.8 Å². The molecule has 0 bridgehead atoms. The smallest absolute Gasteiger partial charge is 0.247 e. The zero-order valence-electron chi connectivity index (χ0n) is 17.0. The van der Waals surface area contributed by atoms with Crippen LogP contribution in [0.2, 0.25) is 5.02 Å². The fourth-order valence-corrected chi connectivity index (χ4v) is 6.91. The molecule has 2 atom stereocenters. The summed E-state index contributed by atoms with van der Waals surface area (Å²) in [5.41, 5.74) is 0.303. The quantitative estimate of drug-likeness (QED) is 0.730. The molecule has 0 aromatic heterocycles. The topological polar surface area (TPSA) is 49.4 Å². The highest BCUT2D eigenvalue weighted by molar-refractivity contribution is 8.00. The van der Waals surface area contributed by atoms with Crippen molar-refractivity contribution in [3.05, 3.63) is 34.9 Å². The van der Waals surface area contributed by atoms with Crippen LogP contribution in [-0.2, 0) is 16.1 Å². The maximum absolute atomic E-state index is 13.8. The van der Waals surface area contributed by atoms with E-state index in [9.17, 15) is 9.59 Å². The number of thioether (sulfide) groups is 1. The lowest BCUT2D eigenvalue weighted by Gasteiger charge is -2.49. The summed E-state index contributed by atoms with van der Waals surface area (Å²) >= 11 is 7.89. The minimum atomic E-state index is -0.729. The van der Waals surface area contributed by atoms with Crippen LogP contribution in [0.3, 0.4) is 0 Å². The van der Waals surface area contributed by atoms with Gasteiger partial charge >= 0.3 is 0 Å². The molecule has 3 fully saturated rings. The summed E-state index contributed by atoms with van der Waals surface area (Å²) in [6, 6.07) is 7.92. The highest BCUT2D eigenvalue weighted by Crippen LogP contribution is 2.44. The largest absolute Gasteiger partial charge is 0.351 e. The Balaban J connectivity index is 1.66. The molecule has 1 aromatic carbocycles. The van der Waals surface area contributed by atoms with Crippen LogP contribution in [0.25, 0.3) is 0 Å². The number of fused-ring (bicyclic) bond motifs is 1. The lowest BCUT2D eigenvalue weighted by Crippen LogP contribution is -2.66. The molecular formula is C23H31ClN2O2S. The first-order valence-electron chi connectivity index (χ1n) is 11.1. The summed E-state index contributed by atoms with van der Waals surface area (Å²) in [5, 5.41) is 4.25. The SMILES string of the molecule is O=C1CCS[C@H]2CCCC[C@]2(C(=O)NC2CCCCC2)N1Cc1ccc(Cl)cc1. The summed E-state index contributed by atoms with van der Waals surface area (Å²) < 4.78 is 0. The minimum absolute atomic E-state index is 0.0887. The second-order valence-corrected chi connectivity index (χ2v) is 10.4. The molecule has 0 radical (unpaired) electrons. The third kappa shape index (κ3) is 4.46. The van der Waals surface area contributed by atoms with Crippen LogP contribution in [0.15, 0.2) is 24.3 Å². The standard InChI is InChI=1S/C23H31ClN2O2S/c24-18-11-9-17(10-12-18)16-26-21(27)13-15-29-20-8-4-5-14-23(20,26)22(28)25-19-6-2-1-3-7-19/h9-12,19-20H,1-8,13-16H2,(H,25,28)/t20-,23-/m0/s1. The van der Waals surface area contributed by atoms with Gasteiger partial charge in [0.2, 0.25) is 11.8 Å². The van der Waals surface area contributed by atoms with E-state index in [4.69, 9.17) is 11.6 Å². The third-order valence-corrected chi connectivity index (χ3v) is 8.53. The molecule has 4 rings (SSSR count). The van der Waals surface area contributed by atoms with Crippen molar-refractivity contribution in [2.45, 2.75) is 87.6 Å². The predicted molar refractivity (Wildman–Crippen MR) is 119 cm³/mol. The van der Waals surface area contributed by atoms with Crippen LogP contribution < -0.4 is 5.32 Å². The summed E-state index contributed by atoms with van der Waals surface area (Å²) in [6.45, 7) is 0.477. The number of carbonyl (C=O) groups excluding carboxylic acids is 2. The minimum Gasteiger partial charge on any atom is -0.351 e. The summed E-state index contributed by atoms with van der Waals surface area (Å²) in [6.07, 6.45) is 10.2. The first-order valence-corrected chi connectivity index (χ1v) is 12.5. The summed E-state index contributed by atoms with van der Waals surface area (Å²) in [5.74, 6) is 1.00. The fraction of sp³-hybridized carbons (Fsp3) is 0.652. The van der Waals surface area contributed by atoms with Crippen LogP contribution in [0.4, 0.5) is 0 Å². The highest BCUT2D eigenvalue weighted by atomic mass is 35.5. The Bertz CT molecular complexity index is 735. The van der Waals surface area contributed by atoms with E-state index >= 15 is 0 Å². The number of hydrogen-bond donors (Lipinski definition) is 1. The normalized spacial score (nSPS) is 28.5. The van der Waals surface area contributed by atoms with Crippen molar-refractivity contribution in [3.63, 3.8) is 0 Å². The number of nitrogens with zero attached hydrogens (tertiary/aromatic N) is 1. The molecule has 6 heteroatoms. The molecule has 3 aliphatic rings. The third-order valence-electron chi connectivity index (χ3n) is 6.81. The molecular weight excluding hydrogens is 404 g/mol. The second kappa shape index (κ2) is 9.30. The zero-order chi connectivity index (χ0) is 20.3. The van der Waals surface area contributed by atoms with Gasteiger partial charge < -0.3 is 10.2 Å². The fourth-order valence-electron chi connectivity index (χ4n) is 5.24. The van der Waals surface area contributed by atoms with Gasteiger partial charge in [-0.3, -0.25) is 9.59 Å². The number of nitrogens with one attached hydrogen (secondary N) is 1. The van der Waals surface area contributed by atoms with Gasteiger partial charge in [0.15, 0.2) is 0 Å². The Hall–Kier alpha value is -1.20. The maximum atomic E-state index is 13.8. The van der Waals surface area contributed by atoms with Gasteiger partial charge in [-0.1, -0.05) is 55.8 Å². The molecule has 2 aliphatic carbocycles. The number of rotatable bonds is 4. The van der Waals surface area contributed by atoms with E-state index < -0.39 is 5.54 Å². The van der Waals surface area contributed by atoms with Crippen LogP contribution in [-0.4, -0.2) is 39.3 Å². The lowest BCUT2D eigenvalue weighted by atomic mass is 9.77. The Morgan fingerprint density at radius 3 is 2.59 bits per heavy atom. The molecule has 158 valence electrons. The van der Waals surface area contributed by atoms with E-state index in [1.165, 1.54) is 19.3 Å². The molecule has 1 N–H and O–H groups in total. The molecule has 1 aromatic rings. The second-order valence-electron chi connectivity index (χ2n) is 8.69. The van der Waals surface area contributed by atoms with Gasteiger partial charge in [0, 0.05) is 35.0 Å². The maximum Gasteiger partial charge on any atom is 0.247 e. The van der Waals surface area contributed by atoms with Crippen molar-refractivity contribution >= 4 is 35.2 Å². The molecule has 2 amide bonds. The Morgan fingerprint density at radius 1 is 1.10 bits per heavy atom. The predicted octanol–water partition coefficient (Wildman–Crippen LogP) is 4.94. The first-order chi connectivity index (χ1) is 14.1. The number of amides is 2. The lowest BCUT2D eigenvalue weighted by molar-refractivity contribution is -0.150. The zero-order valence-corrected chi connectivity index (χ0v) is 18.6. The van der Waals surface area contributed by atoms with Gasteiger partial charge in [0.1, 0.15) is 5.54 Å². The summed E-state index contributed by atoms with van der Waals surface area (Å²) in [7, 11) is 0. The van der Waals surface area contributed by atoms with Crippen LogP contribution in [0, 0.1) is 0 Å². The van der Waals surface area contributed by atoms with Crippen molar-refractivity contribution in [1.82, 2.24) is 10.2 Å². The Morgan fingerprint density at radius 2 is 1.83 bits per heavy atom. The molecule has 2 saturated carbocycles. The van der Waals surface area contributed by atoms with Crippen molar-refractivity contribution in [3.8, 4) is 0 Å². The van der Waals surface area contributed by atoms with E-state index in [0.717, 1.165) is 49.8 Å². The van der Waals surface area contributed by atoms with Crippen molar-refractivity contribution in [1.29, 1.82) is 0 Å². The molecule has 29 heavy (non-hydrogen) atoms. The van der Waals surface area contributed by atoms with E-state index in [0.29, 0.717) is 18.0 Å². The first kappa shape index (κ1) is 21.0. The van der Waals surface area contributed by atoms with Gasteiger partial charge in [-0.05, 0) is 43.4 Å². The van der Waals surface area contributed by atoms with Gasteiger partial charge in [-0.15, -0.1) is 0 Å². The molecule has 4 nitrogen and oxygen atoms in total. The average Bonchev–Trinajstić information content (AvgIpc) is 2.88. The van der Waals surface area contributed by atoms with Crippen LogP contribution >= 0.6 is 23.4 Å². The highest BCUT2D eigenvalue weighted by Gasteiger charge is 2.54. The monoisotopic (exact) mass is 434 g/mol. The van der Waals surface area contributed by atoms with E-state index in [-0.39, 0.29) is 23.1 Å². The average molecular weight is 435 g/mol. The van der Waals surface area contributed by atoms with Crippen molar-refractivity contribution in [2.75, 3.05) is 5.75 Å². The van der Waals surface area contributed by atoms with Crippen molar-refractivity contribution in [2.24, 2.45) is 0 Å². The number of halogens is 1. The van der Waals surface area contributed by atoms with Crippen LogP contribution in [0.1, 0.15) is 69.8 Å². The number of hydrogen-bond acceptors (Lipinski definition) is 3. The Labute approximate surface area is 183 Å². The van der Waals surface area contributed by atoms with Crippen LogP contribution in [0.5, 0.6) is 0 Å². The van der Waals surface area contributed by atoms with Gasteiger partial charge in [-0.25, -0.2) is 0 Å². The summed E-state index contributed by atoms with van der Waals surface area (Å²) in [4.78, 5) is 29.0. The Kier molecular flexibility index (Phi) is 6.75. The van der Waals surface area contributed by atoms with E-state index in [1.807, 2.05) is 40.9 Å². The molecule has 1 aliphatic heterocycles. The van der Waals surface area contributed by atoms with E-state index in [2.05, 4.69) is 5.32 Å². The number of benzene rings is 1. The van der Waals surface area contributed by atoms with Gasteiger partial charge in [0.05, 0.1) is 0 Å². The molecule has 0 spiro atoms. The molecule has 1 saturated heterocycles. The number of carbonyl (C=O) groups is 2.